The predicted molar refractivity (Wildman–Crippen MR) is 84.4 cm³/mol. The summed E-state index contributed by atoms with van der Waals surface area (Å²) in [5.41, 5.74) is 0. The summed E-state index contributed by atoms with van der Waals surface area (Å²) < 4.78 is 10.8. The van der Waals surface area contributed by atoms with Crippen LogP contribution in [0.25, 0.3) is 0 Å². The van der Waals surface area contributed by atoms with Crippen LogP contribution < -0.4 is 0 Å². The first-order chi connectivity index (χ1) is 8.35. The van der Waals surface area contributed by atoms with E-state index in [0.717, 1.165) is 13.2 Å². The van der Waals surface area contributed by atoms with Gasteiger partial charge in [-0.15, -0.1) is 39.5 Å². The molecule has 0 amide bonds. The molecule has 0 atom stereocenters. The fourth-order valence-corrected chi connectivity index (χ4v) is 2.50. The van der Waals surface area contributed by atoms with Crippen molar-refractivity contribution in [3.8, 4) is 0 Å². The molecule has 0 spiro atoms. The first-order valence-electron chi connectivity index (χ1n) is 6.08. The van der Waals surface area contributed by atoms with Crippen molar-refractivity contribution in [2.75, 3.05) is 13.2 Å². The summed E-state index contributed by atoms with van der Waals surface area (Å²) in [4.78, 5) is 0. The van der Waals surface area contributed by atoms with E-state index < -0.39 is 0 Å². The highest BCUT2D eigenvalue weighted by Gasteiger charge is 2.06. The Morgan fingerprint density at radius 3 is 1.41 bits per heavy atom. The van der Waals surface area contributed by atoms with E-state index in [1.807, 2.05) is 13.8 Å². The Morgan fingerprint density at radius 2 is 1.18 bits per heavy atom. The Labute approximate surface area is 111 Å². The smallest absolute Gasteiger partial charge is 0.134 e. The Morgan fingerprint density at radius 1 is 0.824 bits per heavy atom. The van der Waals surface area contributed by atoms with Gasteiger partial charge in [-0.2, -0.15) is 0 Å². The molecule has 0 bridgehead atoms. The SMILES string of the molecule is C=C.C=C.C=C.CCC[SiH2]C(OCC)OCC. The maximum atomic E-state index is 5.42. The number of ether oxygens (including phenoxy) is 2. The van der Waals surface area contributed by atoms with Crippen molar-refractivity contribution in [3.63, 3.8) is 0 Å². The van der Waals surface area contributed by atoms with Crippen LogP contribution in [0, 0.1) is 0 Å². The lowest BCUT2D eigenvalue weighted by Crippen LogP contribution is -2.24. The summed E-state index contributed by atoms with van der Waals surface area (Å²) in [5.74, 6) is 0.171. The third-order valence-corrected chi connectivity index (χ3v) is 3.56. The van der Waals surface area contributed by atoms with Gasteiger partial charge in [0.1, 0.15) is 5.91 Å². The summed E-state index contributed by atoms with van der Waals surface area (Å²) in [6.45, 7) is 25.8. The molecule has 3 heteroatoms. The minimum absolute atomic E-state index is 0.141. The van der Waals surface area contributed by atoms with Gasteiger partial charge in [0.05, 0.1) is 9.52 Å². The van der Waals surface area contributed by atoms with Gasteiger partial charge in [0.25, 0.3) is 0 Å². The molecule has 0 aromatic carbocycles. The molecule has 2 nitrogen and oxygen atoms in total. The molecule has 0 N–H and O–H groups in total. The van der Waals surface area contributed by atoms with Crippen LogP contribution in [0.3, 0.4) is 0 Å². The minimum atomic E-state index is -0.141. The standard InChI is InChI=1S/C8H20O2Si.3C2H4/c1-4-7-11-8(9-5-2)10-6-3;3*1-2/h8H,4-7,11H2,1-3H3;3*1-2H2. The van der Waals surface area contributed by atoms with Gasteiger partial charge in [0.2, 0.25) is 0 Å². The summed E-state index contributed by atoms with van der Waals surface area (Å²) in [5, 5.41) is 0. The highest BCUT2D eigenvalue weighted by Crippen LogP contribution is 1.97. The normalized spacial score (nSPS) is 8.47. The molecule has 0 aliphatic carbocycles. The number of hydrogen-bond acceptors (Lipinski definition) is 2. The van der Waals surface area contributed by atoms with Crippen LogP contribution in [0.4, 0.5) is 0 Å². The van der Waals surface area contributed by atoms with Crippen LogP contribution in [-0.2, 0) is 9.47 Å². The second-order valence-corrected chi connectivity index (χ2v) is 4.43. The van der Waals surface area contributed by atoms with Crippen molar-refractivity contribution < 1.29 is 9.47 Å². The summed E-state index contributed by atoms with van der Waals surface area (Å²) in [7, 11) is -0.141. The minimum Gasteiger partial charge on any atom is -0.357 e. The second-order valence-electron chi connectivity index (χ2n) is 2.48. The van der Waals surface area contributed by atoms with E-state index in [1.165, 1.54) is 12.5 Å². The molecule has 0 aromatic heterocycles. The molecular weight excluding hydrogens is 228 g/mol. The fraction of sp³-hybridized carbons (Fsp3) is 0.571. The molecule has 0 saturated heterocycles. The van der Waals surface area contributed by atoms with E-state index in [-0.39, 0.29) is 15.4 Å². The van der Waals surface area contributed by atoms with Gasteiger partial charge >= 0.3 is 0 Å². The van der Waals surface area contributed by atoms with Crippen LogP contribution in [0.5, 0.6) is 0 Å². The van der Waals surface area contributed by atoms with E-state index >= 15 is 0 Å². The summed E-state index contributed by atoms with van der Waals surface area (Å²) in [6, 6.07) is 1.32. The molecule has 0 saturated carbocycles. The molecule has 17 heavy (non-hydrogen) atoms. The van der Waals surface area contributed by atoms with Crippen molar-refractivity contribution in [1.29, 1.82) is 0 Å². The fourth-order valence-electron chi connectivity index (χ4n) is 0.957. The molecule has 0 rings (SSSR count). The summed E-state index contributed by atoms with van der Waals surface area (Å²) >= 11 is 0. The largest absolute Gasteiger partial charge is 0.357 e. The number of rotatable bonds is 7. The maximum Gasteiger partial charge on any atom is 0.134 e. The van der Waals surface area contributed by atoms with E-state index in [9.17, 15) is 0 Å². The maximum absolute atomic E-state index is 5.42. The van der Waals surface area contributed by atoms with Crippen LogP contribution >= 0.6 is 0 Å². The average Bonchev–Trinajstić information content (AvgIpc) is 2.43. The Hall–Kier alpha value is -0.643. The molecule has 0 unspecified atom stereocenters. The average molecular weight is 260 g/mol. The lowest BCUT2D eigenvalue weighted by atomic mass is 10.6. The Kier molecular flexibility index (Phi) is 53.7. The zero-order valence-corrected chi connectivity index (χ0v) is 13.6. The number of hydrogen-bond donors (Lipinski definition) is 0. The van der Waals surface area contributed by atoms with Crippen molar-refractivity contribution in [1.82, 2.24) is 0 Å². The van der Waals surface area contributed by atoms with Gasteiger partial charge in [0.15, 0.2) is 0 Å². The molecule has 0 aliphatic rings. The molecule has 0 fully saturated rings. The summed E-state index contributed by atoms with van der Waals surface area (Å²) in [6.07, 6.45) is 1.27. The zero-order valence-electron chi connectivity index (χ0n) is 12.2. The van der Waals surface area contributed by atoms with Gasteiger partial charge in [-0.05, 0) is 13.8 Å². The first kappa shape index (κ1) is 25.3. The predicted octanol–water partition coefficient (Wildman–Crippen LogP) is 3.75. The van der Waals surface area contributed by atoms with Crippen molar-refractivity contribution in [3.05, 3.63) is 39.5 Å². The van der Waals surface area contributed by atoms with Crippen molar-refractivity contribution in [2.24, 2.45) is 0 Å². The van der Waals surface area contributed by atoms with E-state index in [2.05, 4.69) is 46.4 Å². The van der Waals surface area contributed by atoms with Crippen LogP contribution in [0.2, 0.25) is 6.04 Å². The third-order valence-electron chi connectivity index (χ3n) is 1.50. The molecule has 104 valence electrons. The zero-order chi connectivity index (χ0) is 14.5. The molecule has 0 heterocycles. The quantitative estimate of drug-likeness (QED) is 0.394. The van der Waals surface area contributed by atoms with Gasteiger partial charge < -0.3 is 9.47 Å². The lowest BCUT2D eigenvalue weighted by molar-refractivity contribution is -0.0827. The Balaban J connectivity index is -0.000000121. The van der Waals surface area contributed by atoms with Crippen molar-refractivity contribution in [2.45, 2.75) is 39.1 Å². The van der Waals surface area contributed by atoms with Crippen LogP contribution in [-0.4, -0.2) is 28.6 Å². The first-order valence-corrected chi connectivity index (χ1v) is 7.89. The Bertz CT molecular complexity index is 99.6. The molecule has 0 radical (unpaired) electrons. The third kappa shape index (κ3) is 31.3. The highest BCUT2D eigenvalue weighted by atomic mass is 28.2. The van der Waals surface area contributed by atoms with Crippen LogP contribution in [0.1, 0.15) is 27.2 Å². The van der Waals surface area contributed by atoms with E-state index in [0.29, 0.717) is 0 Å². The van der Waals surface area contributed by atoms with Gasteiger partial charge in [-0.3, -0.25) is 0 Å². The van der Waals surface area contributed by atoms with Gasteiger partial charge in [-0.25, -0.2) is 0 Å². The van der Waals surface area contributed by atoms with Crippen LogP contribution in [0.15, 0.2) is 39.5 Å². The molecule has 0 aromatic rings. The lowest BCUT2D eigenvalue weighted by Gasteiger charge is -2.15. The van der Waals surface area contributed by atoms with E-state index in [4.69, 9.17) is 9.47 Å². The van der Waals surface area contributed by atoms with Gasteiger partial charge in [-0.1, -0.05) is 19.4 Å². The highest BCUT2D eigenvalue weighted by molar-refractivity contribution is 6.36. The molecule has 0 aliphatic heterocycles. The van der Waals surface area contributed by atoms with E-state index in [1.54, 1.807) is 0 Å². The van der Waals surface area contributed by atoms with Gasteiger partial charge in [0, 0.05) is 13.2 Å². The van der Waals surface area contributed by atoms with Crippen molar-refractivity contribution >= 4 is 9.52 Å². The molecular formula is C14H32O2Si. The monoisotopic (exact) mass is 260 g/mol. The second kappa shape index (κ2) is 36.2. The topological polar surface area (TPSA) is 18.5 Å².